The molecule has 1 heterocycles. The van der Waals surface area contributed by atoms with Crippen molar-refractivity contribution in [3.63, 3.8) is 0 Å². The zero-order valence-electron chi connectivity index (χ0n) is 14.6. The van der Waals surface area contributed by atoms with E-state index in [0.29, 0.717) is 0 Å². The van der Waals surface area contributed by atoms with Crippen molar-refractivity contribution in [2.24, 2.45) is 4.99 Å². The molecule has 0 fully saturated rings. The summed E-state index contributed by atoms with van der Waals surface area (Å²) in [7, 11) is 2.18. The average molecular weight is 343 g/mol. The molecule has 0 aromatic heterocycles. The maximum atomic E-state index is 5.18. The number of amidine groups is 1. The van der Waals surface area contributed by atoms with Crippen LogP contribution in [0.5, 0.6) is 0 Å². The molecule has 0 saturated carbocycles. The predicted molar refractivity (Wildman–Crippen MR) is 105 cm³/mol. The Balaban J connectivity index is 0.00000208. The summed E-state index contributed by atoms with van der Waals surface area (Å²) in [6.07, 6.45) is 4.81. The Morgan fingerprint density at radius 3 is 2.46 bits per heavy atom. The Morgan fingerprint density at radius 2 is 1.71 bits per heavy atom. The molecule has 2 aromatic rings. The Labute approximate surface area is 152 Å². The predicted octanol–water partition coefficient (Wildman–Crippen LogP) is 5.62. The number of halogens is 1. The molecular weight excluding hydrogens is 316 g/mol. The normalized spacial score (nSPS) is 16.7. The van der Waals surface area contributed by atoms with Gasteiger partial charge in [-0.05, 0) is 23.1 Å². The Morgan fingerprint density at radius 1 is 1.00 bits per heavy atom. The van der Waals surface area contributed by atoms with Gasteiger partial charge in [0.1, 0.15) is 11.9 Å². The molecule has 0 bridgehead atoms. The van der Waals surface area contributed by atoms with Gasteiger partial charge in [-0.25, -0.2) is 0 Å². The van der Waals surface area contributed by atoms with Crippen LogP contribution in [0.1, 0.15) is 55.3 Å². The van der Waals surface area contributed by atoms with Crippen LogP contribution in [0.4, 0.5) is 0 Å². The summed E-state index contributed by atoms with van der Waals surface area (Å²) < 4.78 is 0. The average Bonchev–Trinajstić information content (AvgIpc) is 2.73. The fraction of sp³-hybridized carbons (Fsp3) is 0.381. The fourth-order valence-corrected chi connectivity index (χ4v) is 3.29. The highest BCUT2D eigenvalue weighted by molar-refractivity contribution is 5.85. The van der Waals surface area contributed by atoms with Crippen LogP contribution in [-0.4, -0.2) is 17.8 Å². The van der Waals surface area contributed by atoms with Gasteiger partial charge in [-0.1, -0.05) is 74.4 Å². The molecule has 1 aliphatic rings. The molecule has 0 saturated heterocycles. The second-order valence-corrected chi connectivity index (χ2v) is 6.37. The summed E-state index contributed by atoms with van der Waals surface area (Å²) in [6.45, 7) is 3.20. The second-order valence-electron chi connectivity index (χ2n) is 6.37. The van der Waals surface area contributed by atoms with Crippen molar-refractivity contribution in [1.82, 2.24) is 4.90 Å². The molecule has 2 aromatic carbocycles. The highest BCUT2D eigenvalue weighted by Crippen LogP contribution is 2.32. The molecule has 3 rings (SSSR count). The zero-order chi connectivity index (χ0) is 16.1. The third-order valence-corrected chi connectivity index (χ3v) is 4.60. The highest BCUT2D eigenvalue weighted by atomic mass is 35.5. The van der Waals surface area contributed by atoms with Gasteiger partial charge >= 0.3 is 0 Å². The van der Waals surface area contributed by atoms with Crippen LogP contribution in [0.25, 0.3) is 0 Å². The monoisotopic (exact) mass is 342 g/mol. The fourth-order valence-electron chi connectivity index (χ4n) is 3.29. The van der Waals surface area contributed by atoms with Crippen molar-refractivity contribution >= 4 is 18.2 Å². The van der Waals surface area contributed by atoms with E-state index in [9.17, 15) is 0 Å². The van der Waals surface area contributed by atoms with E-state index < -0.39 is 0 Å². The molecule has 0 N–H and O–H groups in total. The van der Waals surface area contributed by atoms with Gasteiger partial charge in [0.25, 0.3) is 0 Å². The molecule has 1 unspecified atom stereocenters. The first-order chi connectivity index (χ1) is 11.3. The maximum Gasteiger partial charge on any atom is 0.102 e. The third kappa shape index (κ3) is 4.18. The van der Waals surface area contributed by atoms with Crippen LogP contribution >= 0.6 is 12.4 Å². The van der Waals surface area contributed by atoms with Gasteiger partial charge in [-0.15, -0.1) is 12.4 Å². The largest absolute Gasteiger partial charge is 0.359 e. The first-order valence-electron chi connectivity index (χ1n) is 8.70. The van der Waals surface area contributed by atoms with E-state index in [1.54, 1.807) is 0 Å². The molecule has 24 heavy (non-hydrogen) atoms. The Kier molecular flexibility index (Phi) is 6.86. The summed E-state index contributed by atoms with van der Waals surface area (Å²) >= 11 is 0. The lowest BCUT2D eigenvalue weighted by atomic mass is 9.95. The van der Waals surface area contributed by atoms with Crippen molar-refractivity contribution in [2.75, 3.05) is 7.05 Å². The van der Waals surface area contributed by atoms with Crippen molar-refractivity contribution in [3.05, 3.63) is 71.3 Å². The molecule has 2 nitrogen and oxygen atoms in total. The molecule has 0 amide bonds. The summed E-state index contributed by atoms with van der Waals surface area (Å²) in [5.74, 6) is 1.24. The van der Waals surface area contributed by atoms with E-state index in [4.69, 9.17) is 4.99 Å². The molecule has 1 atom stereocenters. The summed E-state index contributed by atoms with van der Waals surface area (Å²) in [5.41, 5.74) is 4.01. The number of hydrogen-bond donors (Lipinski definition) is 0. The number of hydrogen-bond acceptors (Lipinski definition) is 2. The van der Waals surface area contributed by atoms with Crippen LogP contribution in [0.3, 0.4) is 0 Å². The summed E-state index contributed by atoms with van der Waals surface area (Å²) in [6, 6.07) is 19.5. The first kappa shape index (κ1) is 18.5. The lowest BCUT2D eigenvalue weighted by Gasteiger charge is -2.20. The van der Waals surface area contributed by atoms with Crippen molar-refractivity contribution in [1.29, 1.82) is 0 Å². The van der Waals surface area contributed by atoms with E-state index in [0.717, 1.165) is 13.0 Å². The number of aliphatic imine (C=N–C) groups is 1. The van der Waals surface area contributed by atoms with Gasteiger partial charge in [-0.3, -0.25) is 4.99 Å². The Bertz CT molecular complexity index is 667. The van der Waals surface area contributed by atoms with Gasteiger partial charge in [0.05, 0.1) is 0 Å². The highest BCUT2D eigenvalue weighted by Gasteiger charge is 2.22. The van der Waals surface area contributed by atoms with Gasteiger partial charge in [0.2, 0.25) is 0 Å². The van der Waals surface area contributed by atoms with Gasteiger partial charge in [0, 0.05) is 20.0 Å². The lowest BCUT2D eigenvalue weighted by Crippen LogP contribution is -2.25. The second kappa shape index (κ2) is 8.89. The maximum absolute atomic E-state index is 5.18. The van der Waals surface area contributed by atoms with E-state index in [1.165, 1.54) is 41.8 Å². The molecular formula is C21H27ClN2. The van der Waals surface area contributed by atoms with E-state index in [1.807, 2.05) is 0 Å². The third-order valence-electron chi connectivity index (χ3n) is 4.60. The topological polar surface area (TPSA) is 15.6 Å². The smallest absolute Gasteiger partial charge is 0.102 e. The molecule has 0 aliphatic carbocycles. The Hall–Kier alpha value is -1.80. The number of nitrogens with zero attached hydrogens (tertiary/aromatic N) is 2. The van der Waals surface area contributed by atoms with Crippen LogP contribution in [0.15, 0.2) is 59.6 Å². The van der Waals surface area contributed by atoms with Gasteiger partial charge in [-0.2, -0.15) is 0 Å². The van der Waals surface area contributed by atoms with Crippen molar-refractivity contribution in [3.8, 4) is 0 Å². The standard InChI is InChI=1S/C21H26N2.ClH/c1-3-4-6-15-20-22-21(17-11-7-5-8-12-17)19-14-10-9-13-18(19)16-23(20)2;/h5,7-14,21H,3-4,6,15-16H2,1-2H3;1H. The summed E-state index contributed by atoms with van der Waals surface area (Å²) in [4.78, 5) is 7.51. The molecule has 0 radical (unpaired) electrons. The minimum Gasteiger partial charge on any atom is -0.359 e. The molecule has 128 valence electrons. The zero-order valence-corrected chi connectivity index (χ0v) is 15.4. The van der Waals surface area contributed by atoms with E-state index in [2.05, 4.69) is 73.5 Å². The number of rotatable bonds is 5. The van der Waals surface area contributed by atoms with E-state index in [-0.39, 0.29) is 18.4 Å². The minimum absolute atomic E-state index is 0. The molecule has 1 aliphatic heterocycles. The van der Waals surface area contributed by atoms with Crippen LogP contribution < -0.4 is 0 Å². The minimum atomic E-state index is 0. The SMILES string of the molecule is CCCCCC1=NC(c2ccccc2)c2ccccc2CN1C.Cl. The number of unbranched alkanes of at least 4 members (excludes halogenated alkanes) is 2. The van der Waals surface area contributed by atoms with Gasteiger partial charge < -0.3 is 4.90 Å². The number of benzene rings is 2. The van der Waals surface area contributed by atoms with E-state index >= 15 is 0 Å². The summed E-state index contributed by atoms with van der Waals surface area (Å²) in [5, 5.41) is 0. The lowest BCUT2D eigenvalue weighted by molar-refractivity contribution is 0.486. The van der Waals surface area contributed by atoms with Crippen molar-refractivity contribution in [2.45, 2.75) is 45.2 Å². The molecule has 3 heteroatoms. The molecule has 0 spiro atoms. The van der Waals surface area contributed by atoms with Crippen LogP contribution in [0.2, 0.25) is 0 Å². The van der Waals surface area contributed by atoms with Crippen molar-refractivity contribution < 1.29 is 0 Å². The number of fused-ring (bicyclic) bond motifs is 1. The van der Waals surface area contributed by atoms with Crippen LogP contribution in [-0.2, 0) is 6.54 Å². The van der Waals surface area contributed by atoms with Crippen LogP contribution in [0, 0.1) is 0 Å². The van der Waals surface area contributed by atoms with Gasteiger partial charge in [0.15, 0.2) is 0 Å². The quantitative estimate of drug-likeness (QED) is 0.643. The first-order valence-corrected chi connectivity index (χ1v) is 8.70.